The van der Waals surface area contributed by atoms with Gasteiger partial charge in [-0.25, -0.2) is 9.97 Å². The molecule has 0 bridgehead atoms. The van der Waals surface area contributed by atoms with Gasteiger partial charge >= 0.3 is 0 Å². The molecule has 5 heteroatoms. The zero-order valence-corrected chi connectivity index (χ0v) is 25.4. The largest absolute Gasteiger partial charge is 0.308 e. The lowest BCUT2D eigenvalue weighted by atomic mass is 9.99. The van der Waals surface area contributed by atoms with Gasteiger partial charge in [-0.1, -0.05) is 91.0 Å². The zero-order chi connectivity index (χ0) is 30.2. The van der Waals surface area contributed by atoms with Gasteiger partial charge in [0.05, 0.1) is 21.3 Å². The first-order chi connectivity index (χ1) is 22.8. The Labute approximate surface area is 267 Å². The number of pyridine rings is 1. The van der Waals surface area contributed by atoms with Crippen LogP contribution in [0.15, 0.2) is 146 Å². The Morgan fingerprint density at radius 1 is 0.522 bits per heavy atom. The Morgan fingerprint density at radius 3 is 2.04 bits per heavy atom. The Hall–Kier alpha value is -5.91. The van der Waals surface area contributed by atoms with Crippen LogP contribution in [0, 0.1) is 0 Å². The molecule has 0 aliphatic rings. The lowest BCUT2D eigenvalue weighted by molar-refractivity contribution is 1.18. The predicted molar refractivity (Wildman–Crippen MR) is 193 cm³/mol. The molecule has 10 rings (SSSR count). The zero-order valence-electron chi connectivity index (χ0n) is 24.6. The van der Waals surface area contributed by atoms with E-state index < -0.39 is 0 Å². The molecule has 4 aromatic heterocycles. The number of hydrogen-bond acceptors (Lipinski definition) is 4. The van der Waals surface area contributed by atoms with Crippen molar-refractivity contribution in [2.45, 2.75) is 0 Å². The summed E-state index contributed by atoms with van der Waals surface area (Å²) in [5, 5.41) is 7.78. The van der Waals surface area contributed by atoms with E-state index in [1.54, 1.807) is 6.20 Å². The molecule has 46 heavy (non-hydrogen) atoms. The maximum Gasteiger partial charge on any atom is 0.160 e. The highest BCUT2D eigenvalue weighted by Gasteiger charge is 2.21. The molecule has 0 aliphatic carbocycles. The van der Waals surface area contributed by atoms with Gasteiger partial charge in [-0.2, -0.15) is 0 Å². The van der Waals surface area contributed by atoms with Crippen LogP contribution in [0.3, 0.4) is 0 Å². The van der Waals surface area contributed by atoms with E-state index in [1.165, 1.54) is 52.8 Å². The number of nitrogens with zero attached hydrogens (tertiary/aromatic N) is 4. The van der Waals surface area contributed by atoms with E-state index in [0.717, 1.165) is 33.5 Å². The van der Waals surface area contributed by atoms with Crippen LogP contribution in [-0.4, -0.2) is 19.5 Å². The first kappa shape index (κ1) is 25.4. The highest BCUT2D eigenvalue weighted by Crippen LogP contribution is 2.47. The molecule has 0 fully saturated rings. The summed E-state index contributed by atoms with van der Waals surface area (Å²) in [6.07, 6.45) is 1.80. The van der Waals surface area contributed by atoms with Gasteiger partial charge in [0.1, 0.15) is 11.2 Å². The number of thiophene rings is 1. The lowest BCUT2D eigenvalue weighted by Crippen LogP contribution is -1.98. The fourth-order valence-corrected chi connectivity index (χ4v) is 8.31. The highest BCUT2D eigenvalue weighted by atomic mass is 32.1. The summed E-state index contributed by atoms with van der Waals surface area (Å²) in [5.74, 6) is 0.686. The van der Waals surface area contributed by atoms with Crippen LogP contribution < -0.4 is 0 Å². The average Bonchev–Trinajstić information content (AvgIpc) is 3.69. The van der Waals surface area contributed by atoms with E-state index in [0.29, 0.717) is 5.82 Å². The molecule has 4 nitrogen and oxygen atoms in total. The van der Waals surface area contributed by atoms with Gasteiger partial charge in [0.15, 0.2) is 5.82 Å². The molecule has 6 aromatic carbocycles. The molecular weight excluding hydrogens is 581 g/mol. The maximum absolute atomic E-state index is 5.05. The van der Waals surface area contributed by atoms with Gasteiger partial charge in [0, 0.05) is 49.3 Å². The maximum atomic E-state index is 5.05. The Bertz CT molecular complexity index is 2790. The summed E-state index contributed by atoms with van der Waals surface area (Å²) in [6.45, 7) is 0. The summed E-state index contributed by atoms with van der Waals surface area (Å²) in [4.78, 5) is 14.6. The van der Waals surface area contributed by atoms with Gasteiger partial charge in [0.25, 0.3) is 0 Å². The van der Waals surface area contributed by atoms with Crippen LogP contribution in [0.2, 0.25) is 0 Å². The van der Waals surface area contributed by atoms with Crippen LogP contribution in [0.4, 0.5) is 0 Å². The molecule has 0 saturated carbocycles. The molecule has 0 aliphatic heterocycles. The van der Waals surface area contributed by atoms with Crippen LogP contribution in [0.1, 0.15) is 0 Å². The van der Waals surface area contributed by atoms with Gasteiger partial charge in [0.2, 0.25) is 0 Å². The highest BCUT2D eigenvalue weighted by molar-refractivity contribution is 7.27. The molecule has 0 unspecified atom stereocenters. The number of rotatable bonds is 3. The van der Waals surface area contributed by atoms with Crippen molar-refractivity contribution in [3.05, 3.63) is 146 Å². The topological polar surface area (TPSA) is 43.6 Å². The molecule has 4 heterocycles. The van der Waals surface area contributed by atoms with Crippen LogP contribution in [0.25, 0.3) is 92.1 Å². The smallest absolute Gasteiger partial charge is 0.160 e. The number of para-hydroxylation sites is 1. The van der Waals surface area contributed by atoms with Crippen molar-refractivity contribution in [1.82, 2.24) is 19.5 Å². The summed E-state index contributed by atoms with van der Waals surface area (Å²) in [6, 6.07) is 49.3. The van der Waals surface area contributed by atoms with Crippen molar-refractivity contribution < 1.29 is 0 Å². The number of aromatic nitrogens is 4. The number of fused-ring (bicyclic) bond motifs is 11. The van der Waals surface area contributed by atoms with E-state index in [4.69, 9.17) is 9.97 Å². The third-order valence-corrected chi connectivity index (χ3v) is 10.2. The van der Waals surface area contributed by atoms with Crippen molar-refractivity contribution >= 4 is 75.1 Å². The summed E-state index contributed by atoms with van der Waals surface area (Å²) in [5.41, 5.74) is 8.02. The van der Waals surface area contributed by atoms with E-state index in [9.17, 15) is 0 Å². The standard InChI is InChI=1S/C41H24N4S/c1-2-11-25(12-3-1)37-38-32(17-10-24-42-38)43-41(44-37)26-20-22-27(23-21-26)45-33-18-8-6-15-30(33)35-28-13-4-5-14-29(28)36-31-16-7-9-19-34(31)46-40(36)39(35)45/h1-24H. The molecule has 0 spiro atoms. The predicted octanol–water partition coefficient (Wildman–Crippen LogP) is 11.0. The normalized spacial score (nSPS) is 11.9. The lowest BCUT2D eigenvalue weighted by Gasteiger charge is -2.12. The second-order valence-corrected chi connectivity index (χ2v) is 12.7. The second-order valence-electron chi connectivity index (χ2n) is 11.6. The molecule has 0 radical (unpaired) electrons. The van der Waals surface area contributed by atoms with E-state index >= 15 is 0 Å². The minimum Gasteiger partial charge on any atom is -0.308 e. The molecule has 10 aromatic rings. The van der Waals surface area contributed by atoms with Crippen LogP contribution in [0.5, 0.6) is 0 Å². The monoisotopic (exact) mass is 604 g/mol. The molecular formula is C41H24N4S. The Morgan fingerprint density at radius 2 is 1.22 bits per heavy atom. The number of hydrogen-bond donors (Lipinski definition) is 0. The van der Waals surface area contributed by atoms with Crippen molar-refractivity contribution in [3.8, 4) is 28.3 Å². The average molecular weight is 605 g/mol. The summed E-state index contributed by atoms with van der Waals surface area (Å²) in [7, 11) is 0. The van der Waals surface area contributed by atoms with Crippen LogP contribution in [-0.2, 0) is 0 Å². The van der Waals surface area contributed by atoms with E-state index in [-0.39, 0.29) is 0 Å². The fraction of sp³-hybridized carbons (Fsp3) is 0. The van der Waals surface area contributed by atoms with E-state index in [1.807, 2.05) is 41.7 Å². The van der Waals surface area contributed by atoms with Crippen molar-refractivity contribution in [3.63, 3.8) is 0 Å². The molecule has 0 amide bonds. The van der Waals surface area contributed by atoms with Crippen LogP contribution >= 0.6 is 11.3 Å². The van der Waals surface area contributed by atoms with Crippen molar-refractivity contribution in [2.75, 3.05) is 0 Å². The van der Waals surface area contributed by atoms with Gasteiger partial charge in [-0.15, -0.1) is 11.3 Å². The fourth-order valence-electron chi connectivity index (χ4n) is 7.05. The van der Waals surface area contributed by atoms with Crippen molar-refractivity contribution in [2.24, 2.45) is 0 Å². The second kappa shape index (κ2) is 9.80. The van der Waals surface area contributed by atoms with Gasteiger partial charge in [-0.05, 0) is 59.3 Å². The Balaban J connectivity index is 1.24. The summed E-state index contributed by atoms with van der Waals surface area (Å²) >= 11 is 1.88. The first-order valence-corrected chi connectivity index (χ1v) is 16.2. The number of benzene rings is 6. The molecule has 214 valence electrons. The molecule has 0 saturated heterocycles. The third kappa shape index (κ3) is 3.63. The SMILES string of the molecule is c1ccc(-c2nc(-c3ccc(-n4c5ccccc5c5c6ccccc6c6c7ccccc7sc6c54)cc3)nc3cccnc23)cc1. The molecule has 0 atom stereocenters. The Kier molecular flexibility index (Phi) is 5.41. The summed E-state index contributed by atoms with van der Waals surface area (Å²) < 4.78 is 5.06. The molecule has 0 N–H and O–H groups in total. The third-order valence-electron chi connectivity index (χ3n) is 9.04. The minimum atomic E-state index is 0.686. The van der Waals surface area contributed by atoms with E-state index in [2.05, 4.69) is 119 Å². The van der Waals surface area contributed by atoms with Crippen molar-refractivity contribution in [1.29, 1.82) is 0 Å². The first-order valence-electron chi connectivity index (χ1n) is 15.4. The van der Waals surface area contributed by atoms with Gasteiger partial charge in [-0.3, -0.25) is 4.98 Å². The quantitative estimate of drug-likeness (QED) is 0.201. The minimum absolute atomic E-state index is 0.686. The van der Waals surface area contributed by atoms with Gasteiger partial charge < -0.3 is 4.57 Å².